The van der Waals surface area contributed by atoms with Crippen LogP contribution >= 0.6 is 11.3 Å². The molecular formula is C13H11FO2S. The fourth-order valence-corrected chi connectivity index (χ4v) is 2.67. The molecule has 4 heteroatoms. The molecule has 0 radical (unpaired) electrons. The van der Waals surface area contributed by atoms with E-state index in [4.69, 9.17) is 4.74 Å². The highest BCUT2D eigenvalue weighted by Crippen LogP contribution is 2.34. The van der Waals surface area contributed by atoms with Crippen molar-refractivity contribution in [3.05, 3.63) is 45.9 Å². The van der Waals surface area contributed by atoms with Gasteiger partial charge < -0.3 is 4.74 Å². The Labute approximate surface area is 103 Å². The lowest BCUT2D eigenvalue weighted by atomic mass is 10.0. The third-order valence-corrected chi connectivity index (χ3v) is 3.57. The third-order valence-electron chi connectivity index (χ3n) is 2.49. The van der Waals surface area contributed by atoms with Gasteiger partial charge in [-0.2, -0.15) is 0 Å². The number of aryl methyl sites for hydroxylation is 1. The van der Waals surface area contributed by atoms with Crippen molar-refractivity contribution in [1.82, 2.24) is 0 Å². The lowest BCUT2D eigenvalue weighted by Crippen LogP contribution is -2.01. The van der Waals surface area contributed by atoms with E-state index in [-0.39, 0.29) is 5.82 Å². The number of esters is 1. The first-order valence-electron chi connectivity index (χ1n) is 5.06. The van der Waals surface area contributed by atoms with Gasteiger partial charge in [0.2, 0.25) is 0 Å². The molecule has 0 fully saturated rings. The number of benzene rings is 1. The second kappa shape index (κ2) is 4.67. The van der Waals surface area contributed by atoms with Crippen LogP contribution in [0.15, 0.2) is 29.6 Å². The summed E-state index contributed by atoms with van der Waals surface area (Å²) in [5.74, 6) is -0.763. The van der Waals surface area contributed by atoms with Gasteiger partial charge in [-0.3, -0.25) is 0 Å². The molecule has 2 aromatic rings. The highest BCUT2D eigenvalue weighted by molar-refractivity contribution is 7.12. The van der Waals surface area contributed by atoms with Crippen LogP contribution in [0.3, 0.4) is 0 Å². The summed E-state index contributed by atoms with van der Waals surface area (Å²) >= 11 is 1.27. The monoisotopic (exact) mass is 250 g/mol. The molecule has 0 unspecified atom stereocenters. The average Bonchev–Trinajstić information content (AvgIpc) is 2.71. The van der Waals surface area contributed by atoms with Gasteiger partial charge >= 0.3 is 5.97 Å². The highest BCUT2D eigenvalue weighted by Gasteiger charge is 2.19. The summed E-state index contributed by atoms with van der Waals surface area (Å²) in [5.41, 5.74) is 1.94. The molecule has 0 bridgehead atoms. The van der Waals surface area contributed by atoms with Crippen molar-refractivity contribution in [3.63, 3.8) is 0 Å². The van der Waals surface area contributed by atoms with E-state index in [1.54, 1.807) is 18.2 Å². The van der Waals surface area contributed by atoms with Gasteiger partial charge in [-0.15, -0.1) is 11.3 Å². The molecule has 2 nitrogen and oxygen atoms in total. The predicted octanol–water partition coefficient (Wildman–Crippen LogP) is 3.65. The van der Waals surface area contributed by atoms with Crippen LogP contribution in [-0.2, 0) is 4.74 Å². The van der Waals surface area contributed by atoms with Crippen molar-refractivity contribution < 1.29 is 13.9 Å². The van der Waals surface area contributed by atoms with Crippen LogP contribution in [0, 0.1) is 12.7 Å². The molecule has 0 spiro atoms. The Bertz CT molecular complexity index is 560. The number of methoxy groups -OCH3 is 1. The molecule has 1 aromatic heterocycles. The van der Waals surface area contributed by atoms with E-state index in [1.165, 1.54) is 24.5 Å². The number of hydrogen-bond donors (Lipinski definition) is 0. The van der Waals surface area contributed by atoms with E-state index < -0.39 is 5.97 Å². The van der Waals surface area contributed by atoms with Crippen molar-refractivity contribution in [2.45, 2.75) is 6.92 Å². The minimum atomic E-state index is -0.429. The summed E-state index contributed by atoms with van der Waals surface area (Å²) in [6.07, 6.45) is 0. The average molecular weight is 250 g/mol. The first kappa shape index (κ1) is 11.8. The van der Waals surface area contributed by atoms with Crippen LogP contribution in [0.1, 0.15) is 15.2 Å². The van der Waals surface area contributed by atoms with Gasteiger partial charge in [-0.1, -0.05) is 18.2 Å². The van der Waals surface area contributed by atoms with E-state index >= 15 is 0 Å². The smallest absolute Gasteiger partial charge is 0.348 e. The van der Waals surface area contributed by atoms with Crippen LogP contribution in [0.2, 0.25) is 0 Å². The Hall–Kier alpha value is -1.68. The Balaban J connectivity index is 2.63. The zero-order valence-electron chi connectivity index (χ0n) is 9.49. The lowest BCUT2D eigenvalue weighted by Gasteiger charge is -2.05. The highest BCUT2D eigenvalue weighted by atomic mass is 32.1. The quantitative estimate of drug-likeness (QED) is 0.760. The van der Waals surface area contributed by atoms with Gasteiger partial charge in [0.25, 0.3) is 0 Å². The predicted molar refractivity (Wildman–Crippen MR) is 65.8 cm³/mol. The molecule has 0 saturated heterocycles. The summed E-state index contributed by atoms with van der Waals surface area (Å²) < 4.78 is 18.4. The maximum absolute atomic E-state index is 13.7. The third kappa shape index (κ3) is 2.08. The van der Waals surface area contributed by atoms with Crippen LogP contribution in [0.5, 0.6) is 0 Å². The van der Waals surface area contributed by atoms with Gasteiger partial charge in [0, 0.05) is 11.1 Å². The number of ether oxygens (including phenoxy) is 1. The number of rotatable bonds is 2. The van der Waals surface area contributed by atoms with Crippen LogP contribution in [-0.4, -0.2) is 13.1 Å². The standard InChI is InChI=1S/C13H11FO2S/c1-8-7-17-12(13(15)16-2)11(8)9-5-3-4-6-10(9)14/h3-7H,1-2H3. The normalized spacial score (nSPS) is 10.3. The second-order valence-electron chi connectivity index (χ2n) is 3.59. The Morgan fingerprint density at radius 2 is 2.06 bits per heavy atom. The zero-order chi connectivity index (χ0) is 12.4. The van der Waals surface area contributed by atoms with Crippen molar-refractivity contribution in [3.8, 4) is 11.1 Å². The van der Waals surface area contributed by atoms with Gasteiger partial charge in [-0.05, 0) is 23.9 Å². The second-order valence-corrected chi connectivity index (χ2v) is 4.47. The number of halogens is 1. The molecule has 1 aromatic carbocycles. The molecule has 0 saturated carbocycles. The van der Waals surface area contributed by atoms with Gasteiger partial charge in [-0.25, -0.2) is 9.18 Å². The molecule has 0 aliphatic heterocycles. The lowest BCUT2D eigenvalue weighted by molar-refractivity contribution is 0.0607. The van der Waals surface area contributed by atoms with E-state index in [0.29, 0.717) is 16.0 Å². The Morgan fingerprint density at radius 3 is 2.71 bits per heavy atom. The van der Waals surface area contributed by atoms with E-state index in [1.807, 2.05) is 12.3 Å². The molecule has 88 valence electrons. The van der Waals surface area contributed by atoms with Gasteiger partial charge in [0.15, 0.2) is 0 Å². The summed E-state index contributed by atoms with van der Waals surface area (Å²) in [5, 5.41) is 1.83. The zero-order valence-corrected chi connectivity index (χ0v) is 10.3. The maximum atomic E-state index is 13.7. The summed E-state index contributed by atoms with van der Waals surface area (Å²) in [7, 11) is 1.32. The van der Waals surface area contributed by atoms with E-state index in [9.17, 15) is 9.18 Å². The number of thiophene rings is 1. The maximum Gasteiger partial charge on any atom is 0.348 e. The van der Waals surface area contributed by atoms with Crippen LogP contribution in [0.25, 0.3) is 11.1 Å². The largest absolute Gasteiger partial charge is 0.465 e. The topological polar surface area (TPSA) is 26.3 Å². The molecule has 0 atom stereocenters. The first-order valence-corrected chi connectivity index (χ1v) is 5.94. The minimum Gasteiger partial charge on any atom is -0.465 e. The molecule has 0 aliphatic carbocycles. The SMILES string of the molecule is COC(=O)c1scc(C)c1-c1ccccc1F. The van der Waals surface area contributed by atoms with E-state index in [0.717, 1.165) is 5.56 Å². The van der Waals surface area contributed by atoms with Gasteiger partial charge in [0.1, 0.15) is 10.7 Å². The van der Waals surface area contributed by atoms with Crippen LogP contribution in [0.4, 0.5) is 4.39 Å². The van der Waals surface area contributed by atoms with E-state index in [2.05, 4.69) is 0 Å². The summed E-state index contributed by atoms with van der Waals surface area (Å²) in [6, 6.07) is 6.42. The fraction of sp³-hybridized carbons (Fsp3) is 0.154. The molecule has 0 N–H and O–H groups in total. The first-order chi connectivity index (χ1) is 8.15. The van der Waals surface area contributed by atoms with Crippen LogP contribution < -0.4 is 0 Å². The van der Waals surface area contributed by atoms with Crippen molar-refractivity contribution in [2.75, 3.05) is 7.11 Å². The molecular weight excluding hydrogens is 239 g/mol. The summed E-state index contributed by atoms with van der Waals surface area (Å²) in [6.45, 7) is 1.85. The molecule has 0 amide bonds. The Morgan fingerprint density at radius 1 is 1.35 bits per heavy atom. The number of carbonyl (C=O) groups is 1. The fourth-order valence-electron chi connectivity index (χ4n) is 1.69. The summed E-state index contributed by atoms with van der Waals surface area (Å²) in [4.78, 5) is 12.0. The molecule has 2 rings (SSSR count). The molecule has 0 aliphatic rings. The number of hydrogen-bond acceptors (Lipinski definition) is 3. The van der Waals surface area contributed by atoms with Crippen molar-refractivity contribution in [2.24, 2.45) is 0 Å². The van der Waals surface area contributed by atoms with Crippen molar-refractivity contribution in [1.29, 1.82) is 0 Å². The number of carbonyl (C=O) groups excluding carboxylic acids is 1. The molecule has 1 heterocycles. The van der Waals surface area contributed by atoms with Gasteiger partial charge in [0.05, 0.1) is 7.11 Å². The molecule has 17 heavy (non-hydrogen) atoms. The van der Waals surface area contributed by atoms with Crippen molar-refractivity contribution >= 4 is 17.3 Å². The Kier molecular flexibility index (Phi) is 3.24. The minimum absolute atomic E-state index is 0.334.